The summed E-state index contributed by atoms with van der Waals surface area (Å²) in [5.41, 5.74) is 3.34. The molecule has 1 fully saturated rings. The summed E-state index contributed by atoms with van der Waals surface area (Å²) in [6, 6.07) is 13.2. The number of hydrogen-bond donors (Lipinski definition) is 2. The summed E-state index contributed by atoms with van der Waals surface area (Å²) in [7, 11) is -3.87. The van der Waals surface area contributed by atoms with Gasteiger partial charge in [-0.2, -0.15) is 0 Å². The highest BCUT2D eigenvalue weighted by Crippen LogP contribution is 2.29. The van der Waals surface area contributed by atoms with Gasteiger partial charge in [-0.15, -0.1) is 0 Å². The van der Waals surface area contributed by atoms with Crippen molar-refractivity contribution in [2.24, 2.45) is 5.92 Å². The number of carbonyl (C=O) groups excluding carboxylic acids is 2. The van der Waals surface area contributed by atoms with E-state index in [4.69, 9.17) is 0 Å². The van der Waals surface area contributed by atoms with Crippen LogP contribution >= 0.6 is 0 Å². The number of benzene rings is 2. The maximum atomic E-state index is 12.8. The predicted octanol–water partition coefficient (Wildman–Crippen LogP) is 2.89. The van der Waals surface area contributed by atoms with Crippen molar-refractivity contribution in [2.75, 3.05) is 21.5 Å². The van der Waals surface area contributed by atoms with E-state index in [0.717, 1.165) is 16.8 Å². The summed E-state index contributed by atoms with van der Waals surface area (Å²) < 4.78 is 27.2. The molecule has 10 heteroatoms. The molecule has 2 heterocycles. The van der Waals surface area contributed by atoms with Gasteiger partial charge in [0.2, 0.25) is 17.8 Å². The van der Waals surface area contributed by atoms with Crippen LogP contribution in [0.1, 0.15) is 17.5 Å². The number of sulfonamides is 1. The monoisotopic (exact) mass is 465 g/mol. The van der Waals surface area contributed by atoms with Gasteiger partial charge in [0.25, 0.3) is 10.0 Å². The topological polar surface area (TPSA) is 121 Å². The average Bonchev–Trinajstić information content (AvgIpc) is 3.16. The molecule has 3 aromatic rings. The minimum absolute atomic E-state index is 0.00465. The number of nitrogens with zero attached hydrogens (tertiary/aromatic N) is 3. The number of hydrogen-bond acceptors (Lipinski definition) is 6. The lowest BCUT2D eigenvalue weighted by Gasteiger charge is -2.19. The van der Waals surface area contributed by atoms with Gasteiger partial charge in [0, 0.05) is 36.7 Å². The molecule has 0 aliphatic carbocycles. The summed E-state index contributed by atoms with van der Waals surface area (Å²) in [5.74, 6) is -0.924. The van der Waals surface area contributed by atoms with Crippen LogP contribution in [0.25, 0.3) is 0 Å². The summed E-state index contributed by atoms with van der Waals surface area (Å²) in [6.45, 7) is 4.22. The average molecular weight is 466 g/mol. The molecular formula is C23H23N5O4S. The van der Waals surface area contributed by atoms with Crippen LogP contribution in [-0.4, -0.2) is 36.7 Å². The quantitative estimate of drug-likeness (QED) is 0.577. The SMILES string of the molecule is Cc1ccc(N2CC(C(=O)Nc3ccc(S(=O)(=O)Nc4ncccn4)cc3)CC2=O)c(C)c1. The van der Waals surface area contributed by atoms with Crippen LogP contribution in [0.3, 0.4) is 0 Å². The molecule has 0 radical (unpaired) electrons. The molecule has 1 aliphatic rings. The Labute approximate surface area is 191 Å². The van der Waals surface area contributed by atoms with Gasteiger partial charge in [-0.05, 0) is 55.8 Å². The minimum atomic E-state index is -3.87. The van der Waals surface area contributed by atoms with E-state index < -0.39 is 15.9 Å². The summed E-state index contributed by atoms with van der Waals surface area (Å²) >= 11 is 0. The van der Waals surface area contributed by atoms with E-state index >= 15 is 0 Å². The normalized spacial score (nSPS) is 16.0. The first-order chi connectivity index (χ1) is 15.7. The van der Waals surface area contributed by atoms with E-state index in [0.29, 0.717) is 12.2 Å². The molecule has 1 atom stereocenters. The largest absolute Gasteiger partial charge is 0.326 e. The van der Waals surface area contributed by atoms with Crippen molar-refractivity contribution in [2.45, 2.75) is 25.2 Å². The zero-order chi connectivity index (χ0) is 23.6. The van der Waals surface area contributed by atoms with Gasteiger partial charge in [0.1, 0.15) is 0 Å². The molecule has 33 heavy (non-hydrogen) atoms. The number of nitrogens with one attached hydrogen (secondary N) is 2. The first-order valence-corrected chi connectivity index (χ1v) is 11.8. The van der Waals surface area contributed by atoms with Crippen LogP contribution in [0, 0.1) is 19.8 Å². The molecule has 170 valence electrons. The van der Waals surface area contributed by atoms with Crippen LogP contribution in [-0.2, 0) is 19.6 Å². The van der Waals surface area contributed by atoms with Crippen molar-refractivity contribution in [1.82, 2.24) is 9.97 Å². The van der Waals surface area contributed by atoms with Crippen molar-refractivity contribution >= 4 is 39.2 Å². The van der Waals surface area contributed by atoms with Crippen molar-refractivity contribution in [3.8, 4) is 0 Å². The van der Waals surface area contributed by atoms with Crippen LogP contribution in [0.4, 0.5) is 17.3 Å². The smallest absolute Gasteiger partial charge is 0.264 e. The minimum Gasteiger partial charge on any atom is -0.326 e. The third-order valence-electron chi connectivity index (χ3n) is 5.36. The molecule has 0 saturated carbocycles. The molecule has 1 unspecified atom stereocenters. The molecule has 1 aliphatic heterocycles. The molecule has 0 spiro atoms. The Kier molecular flexibility index (Phi) is 6.10. The molecule has 2 aromatic carbocycles. The Balaban J connectivity index is 1.41. The third-order valence-corrected chi connectivity index (χ3v) is 6.71. The number of anilines is 3. The number of carbonyl (C=O) groups is 2. The Morgan fingerprint density at radius 3 is 2.42 bits per heavy atom. The van der Waals surface area contributed by atoms with Crippen LogP contribution in [0.2, 0.25) is 0 Å². The molecular weight excluding hydrogens is 442 g/mol. The first kappa shape index (κ1) is 22.4. The summed E-state index contributed by atoms with van der Waals surface area (Å²) in [6.07, 6.45) is 2.98. The van der Waals surface area contributed by atoms with Crippen molar-refractivity contribution < 1.29 is 18.0 Å². The van der Waals surface area contributed by atoms with Gasteiger partial charge in [-0.1, -0.05) is 17.7 Å². The van der Waals surface area contributed by atoms with E-state index in [-0.39, 0.29) is 29.1 Å². The number of aryl methyl sites for hydroxylation is 2. The number of rotatable bonds is 6. The van der Waals surface area contributed by atoms with Gasteiger partial charge in [-0.3, -0.25) is 9.59 Å². The van der Waals surface area contributed by atoms with Gasteiger partial charge in [0.15, 0.2) is 0 Å². The molecule has 9 nitrogen and oxygen atoms in total. The van der Waals surface area contributed by atoms with Gasteiger partial charge >= 0.3 is 0 Å². The van der Waals surface area contributed by atoms with E-state index in [9.17, 15) is 18.0 Å². The number of amides is 2. The molecule has 4 rings (SSSR count). The Hall–Kier alpha value is -3.79. The predicted molar refractivity (Wildman–Crippen MR) is 124 cm³/mol. The Morgan fingerprint density at radius 2 is 1.76 bits per heavy atom. The summed E-state index contributed by atoms with van der Waals surface area (Å²) in [4.78, 5) is 34.6. The lowest BCUT2D eigenvalue weighted by Crippen LogP contribution is -2.28. The second-order valence-corrected chi connectivity index (χ2v) is 9.57. The Bertz CT molecular complexity index is 1290. The van der Waals surface area contributed by atoms with E-state index in [1.807, 2.05) is 32.0 Å². The van der Waals surface area contributed by atoms with Gasteiger partial charge in [0.05, 0.1) is 10.8 Å². The molecule has 0 bridgehead atoms. The van der Waals surface area contributed by atoms with Crippen LogP contribution in [0.5, 0.6) is 0 Å². The van der Waals surface area contributed by atoms with E-state index in [2.05, 4.69) is 20.0 Å². The summed E-state index contributed by atoms with van der Waals surface area (Å²) in [5, 5.41) is 2.77. The van der Waals surface area contributed by atoms with Gasteiger partial charge in [-0.25, -0.2) is 23.1 Å². The lowest BCUT2D eigenvalue weighted by molar-refractivity contribution is -0.122. The van der Waals surface area contributed by atoms with E-state index in [1.54, 1.807) is 11.0 Å². The van der Waals surface area contributed by atoms with Crippen LogP contribution < -0.4 is 14.9 Å². The third kappa shape index (κ3) is 5.01. The second-order valence-electron chi connectivity index (χ2n) is 7.89. The lowest BCUT2D eigenvalue weighted by atomic mass is 10.1. The fourth-order valence-corrected chi connectivity index (χ4v) is 4.67. The van der Waals surface area contributed by atoms with Crippen molar-refractivity contribution in [3.63, 3.8) is 0 Å². The molecule has 1 saturated heterocycles. The van der Waals surface area contributed by atoms with E-state index in [1.165, 1.54) is 36.7 Å². The standard InChI is InChI=1S/C23H23N5O4S/c1-15-4-9-20(16(2)12-15)28-14-17(13-21(28)29)22(30)26-18-5-7-19(8-6-18)33(31,32)27-23-24-10-3-11-25-23/h3-12,17H,13-14H2,1-2H3,(H,26,30)(H,24,25,27). The molecule has 2 N–H and O–H groups in total. The first-order valence-electron chi connectivity index (χ1n) is 10.3. The van der Waals surface area contributed by atoms with Crippen molar-refractivity contribution in [1.29, 1.82) is 0 Å². The zero-order valence-corrected chi connectivity index (χ0v) is 19.0. The highest BCUT2D eigenvalue weighted by Gasteiger charge is 2.35. The molecule has 2 amide bonds. The highest BCUT2D eigenvalue weighted by atomic mass is 32.2. The zero-order valence-electron chi connectivity index (χ0n) is 18.1. The fraction of sp³-hybridized carbons (Fsp3) is 0.217. The van der Waals surface area contributed by atoms with Crippen molar-refractivity contribution in [3.05, 3.63) is 72.1 Å². The highest BCUT2D eigenvalue weighted by molar-refractivity contribution is 7.92. The Morgan fingerprint density at radius 1 is 1.06 bits per heavy atom. The molecule has 1 aromatic heterocycles. The number of aromatic nitrogens is 2. The second kappa shape index (κ2) is 8.99. The maximum absolute atomic E-state index is 12.8. The fourth-order valence-electron chi connectivity index (χ4n) is 3.72. The van der Waals surface area contributed by atoms with Crippen LogP contribution in [0.15, 0.2) is 65.8 Å². The maximum Gasteiger partial charge on any atom is 0.264 e. The van der Waals surface area contributed by atoms with Gasteiger partial charge < -0.3 is 10.2 Å².